The Hall–Kier alpha value is -1.63. The van der Waals surface area contributed by atoms with Gasteiger partial charge in [0.15, 0.2) is 0 Å². The summed E-state index contributed by atoms with van der Waals surface area (Å²) in [5.41, 5.74) is 0.798. The van der Waals surface area contributed by atoms with Crippen LogP contribution in [0.4, 0.5) is 0 Å². The molecular formula is C21H37NO5. The first kappa shape index (κ1) is 25.4. The maximum absolute atomic E-state index is 11.7. The van der Waals surface area contributed by atoms with Gasteiger partial charge in [0.2, 0.25) is 12.2 Å². The largest absolute Gasteiger partial charge is 0.494 e. The van der Waals surface area contributed by atoms with Crippen LogP contribution in [-0.2, 0) is 19.1 Å². The van der Waals surface area contributed by atoms with Crippen molar-refractivity contribution in [3.63, 3.8) is 0 Å². The van der Waals surface area contributed by atoms with Crippen molar-refractivity contribution < 1.29 is 24.2 Å². The number of hydrogen-bond acceptors (Lipinski definition) is 5. The second-order valence-corrected chi connectivity index (χ2v) is 6.36. The molecule has 0 aliphatic heterocycles. The molecule has 1 amide bonds. The van der Waals surface area contributed by atoms with E-state index in [-0.39, 0.29) is 5.91 Å². The fraction of sp³-hybridized carbons (Fsp3) is 0.667. The van der Waals surface area contributed by atoms with Crippen LogP contribution in [0.1, 0.15) is 53.4 Å². The Bertz CT molecular complexity index is 499. The standard InChI is InChI=1S/C21H37NO5/c1-7-10-20(23)22(5)27-21(24)14-12-18(15-16-25-6)19(26-9-3)13-11-17(4)8-2/h12-15,17,21,24H,7-11,16H2,1-6H3/b14-12+,18-15-,19-13+. The topological polar surface area (TPSA) is 68.2 Å². The van der Waals surface area contributed by atoms with E-state index in [1.54, 1.807) is 13.2 Å². The van der Waals surface area contributed by atoms with Gasteiger partial charge >= 0.3 is 0 Å². The van der Waals surface area contributed by atoms with Crippen LogP contribution in [0, 0.1) is 5.92 Å². The van der Waals surface area contributed by atoms with Crippen molar-refractivity contribution in [2.24, 2.45) is 5.92 Å². The summed E-state index contributed by atoms with van der Waals surface area (Å²) in [7, 11) is 3.11. The molecule has 0 heterocycles. The third-order valence-electron chi connectivity index (χ3n) is 3.98. The van der Waals surface area contributed by atoms with E-state index >= 15 is 0 Å². The second kappa shape index (κ2) is 15.4. The first-order valence-electron chi connectivity index (χ1n) is 9.71. The highest BCUT2D eigenvalue weighted by Gasteiger charge is 2.12. The number of rotatable bonds is 14. The number of aliphatic hydroxyl groups excluding tert-OH is 1. The molecule has 2 atom stereocenters. The fourth-order valence-corrected chi connectivity index (χ4v) is 2.13. The molecule has 0 spiro atoms. The Kier molecular flexibility index (Phi) is 14.5. The maximum Gasteiger partial charge on any atom is 0.245 e. The van der Waals surface area contributed by atoms with Crippen molar-refractivity contribution in [2.45, 2.75) is 59.7 Å². The SMILES string of the molecule is CCCC(=O)N(C)OC(O)/C=C/C(=C/COC)C(=C\CC(C)CC)/OCC. The fourth-order valence-electron chi connectivity index (χ4n) is 2.13. The van der Waals surface area contributed by atoms with Gasteiger partial charge in [0.25, 0.3) is 0 Å². The summed E-state index contributed by atoms with van der Waals surface area (Å²) in [5.74, 6) is 1.12. The van der Waals surface area contributed by atoms with Gasteiger partial charge in [0.1, 0.15) is 5.76 Å². The van der Waals surface area contributed by atoms with E-state index in [1.807, 2.05) is 19.9 Å². The van der Waals surface area contributed by atoms with Crippen molar-refractivity contribution in [2.75, 3.05) is 27.4 Å². The van der Waals surface area contributed by atoms with Crippen LogP contribution in [-0.4, -0.2) is 49.7 Å². The van der Waals surface area contributed by atoms with Crippen LogP contribution < -0.4 is 0 Å². The first-order chi connectivity index (χ1) is 12.9. The van der Waals surface area contributed by atoms with Crippen LogP contribution in [0.3, 0.4) is 0 Å². The Labute approximate surface area is 164 Å². The Morgan fingerprint density at radius 3 is 2.48 bits per heavy atom. The Morgan fingerprint density at radius 1 is 1.22 bits per heavy atom. The van der Waals surface area contributed by atoms with Crippen LogP contribution in [0.2, 0.25) is 0 Å². The molecule has 0 aliphatic carbocycles. The Balaban J connectivity index is 5.20. The number of allylic oxidation sites excluding steroid dienone is 2. The number of methoxy groups -OCH3 is 1. The highest BCUT2D eigenvalue weighted by molar-refractivity contribution is 5.74. The zero-order valence-corrected chi connectivity index (χ0v) is 17.7. The highest BCUT2D eigenvalue weighted by Crippen LogP contribution is 2.18. The Morgan fingerprint density at radius 2 is 1.93 bits per heavy atom. The summed E-state index contributed by atoms with van der Waals surface area (Å²) in [6, 6.07) is 0. The van der Waals surface area contributed by atoms with Crippen molar-refractivity contribution in [1.29, 1.82) is 0 Å². The lowest BCUT2D eigenvalue weighted by molar-refractivity contribution is -0.230. The molecule has 0 rings (SSSR count). The number of ether oxygens (including phenoxy) is 2. The van der Waals surface area contributed by atoms with Crippen molar-refractivity contribution in [3.05, 3.63) is 35.6 Å². The summed E-state index contributed by atoms with van der Waals surface area (Å²) >= 11 is 0. The van der Waals surface area contributed by atoms with Crippen molar-refractivity contribution in [1.82, 2.24) is 5.06 Å². The molecule has 0 aromatic rings. The zero-order valence-electron chi connectivity index (χ0n) is 17.7. The summed E-state index contributed by atoms with van der Waals surface area (Å²) < 4.78 is 10.9. The van der Waals surface area contributed by atoms with Gasteiger partial charge < -0.3 is 14.6 Å². The van der Waals surface area contributed by atoms with Crippen LogP contribution in [0.25, 0.3) is 0 Å². The molecule has 0 saturated carbocycles. The molecule has 27 heavy (non-hydrogen) atoms. The smallest absolute Gasteiger partial charge is 0.245 e. The monoisotopic (exact) mass is 383 g/mol. The normalized spacial score (nSPS) is 15.1. The van der Waals surface area contributed by atoms with Gasteiger partial charge in [-0.05, 0) is 43.9 Å². The lowest BCUT2D eigenvalue weighted by Crippen LogP contribution is -2.30. The van der Waals surface area contributed by atoms with Gasteiger partial charge in [0, 0.05) is 26.2 Å². The summed E-state index contributed by atoms with van der Waals surface area (Å²) in [5, 5.41) is 11.1. The lowest BCUT2D eigenvalue weighted by Gasteiger charge is -2.19. The minimum absolute atomic E-state index is 0.177. The molecule has 0 saturated heterocycles. The third kappa shape index (κ3) is 11.6. The number of carbonyl (C=O) groups is 1. The van der Waals surface area contributed by atoms with Gasteiger partial charge in [-0.25, -0.2) is 9.90 Å². The molecule has 0 radical (unpaired) electrons. The molecule has 1 N–H and O–H groups in total. The molecule has 0 aromatic heterocycles. The molecule has 6 heteroatoms. The molecular weight excluding hydrogens is 346 g/mol. The number of hydroxylamine groups is 2. The minimum Gasteiger partial charge on any atom is -0.494 e. The molecule has 0 fully saturated rings. The quantitative estimate of drug-likeness (QED) is 0.213. The minimum atomic E-state index is -1.24. The molecule has 0 bridgehead atoms. The summed E-state index contributed by atoms with van der Waals surface area (Å²) in [6.45, 7) is 9.15. The van der Waals surface area contributed by atoms with Crippen LogP contribution in [0.15, 0.2) is 35.6 Å². The van der Waals surface area contributed by atoms with E-state index in [0.717, 1.165) is 35.7 Å². The van der Waals surface area contributed by atoms with Gasteiger partial charge in [-0.2, -0.15) is 0 Å². The van der Waals surface area contributed by atoms with E-state index in [4.69, 9.17) is 14.3 Å². The van der Waals surface area contributed by atoms with Crippen LogP contribution >= 0.6 is 0 Å². The molecule has 2 unspecified atom stereocenters. The number of aliphatic hydroxyl groups is 1. The van der Waals surface area contributed by atoms with Gasteiger partial charge in [-0.3, -0.25) is 4.79 Å². The van der Waals surface area contributed by atoms with Gasteiger partial charge in [-0.1, -0.05) is 33.3 Å². The third-order valence-corrected chi connectivity index (χ3v) is 3.98. The highest BCUT2D eigenvalue weighted by atomic mass is 16.8. The lowest BCUT2D eigenvalue weighted by atomic mass is 10.0. The van der Waals surface area contributed by atoms with E-state index < -0.39 is 6.29 Å². The average Bonchev–Trinajstić information content (AvgIpc) is 2.65. The van der Waals surface area contributed by atoms with Crippen LogP contribution in [0.5, 0.6) is 0 Å². The van der Waals surface area contributed by atoms with E-state index in [1.165, 1.54) is 13.1 Å². The number of nitrogens with zero attached hydrogens (tertiary/aromatic N) is 1. The average molecular weight is 384 g/mol. The molecule has 0 aromatic carbocycles. The predicted molar refractivity (Wildman–Crippen MR) is 108 cm³/mol. The predicted octanol–water partition coefficient (Wildman–Crippen LogP) is 3.98. The number of carbonyl (C=O) groups excluding carboxylic acids is 1. The molecule has 156 valence electrons. The van der Waals surface area contributed by atoms with Gasteiger partial charge in [0.05, 0.1) is 13.2 Å². The number of amides is 1. The first-order valence-corrected chi connectivity index (χ1v) is 9.71. The molecule has 0 aliphatic rings. The van der Waals surface area contributed by atoms with Crippen molar-refractivity contribution >= 4 is 5.91 Å². The second-order valence-electron chi connectivity index (χ2n) is 6.36. The maximum atomic E-state index is 11.7. The summed E-state index contributed by atoms with van der Waals surface area (Å²) in [6.07, 6.45) is 9.00. The van der Waals surface area contributed by atoms with E-state index in [9.17, 15) is 9.90 Å². The molecule has 6 nitrogen and oxygen atoms in total. The van der Waals surface area contributed by atoms with Gasteiger partial charge in [-0.15, -0.1) is 0 Å². The van der Waals surface area contributed by atoms with Crippen molar-refractivity contribution in [3.8, 4) is 0 Å². The van der Waals surface area contributed by atoms with E-state index in [2.05, 4.69) is 19.9 Å². The zero-order chi connectivity index (χ0) is 20.7. The summed E-state index contributed by atoms with van der Waals surface area (Å²) in [4.78, 5) is 16.9. The van der Waals surface area contributed by atoms with E-state index in [0.29, 0.717) is 25.6 Å². The number of hydrogen-bond donors (Lipinski definition) is 1.